The lowest BCUT2D eigenvalue weighted by molar-refractivity contribution is -0.384. The second kappa shape index (κ2) is 15.0. The largest absolute Gasteiger partial charge is 0.355 e. The van der Waals surface area contributed by atoms with Crippen molar-refractivity contribution in [1.82, 2.24) is 10.2 Å². The van der Waals surface area contributed by atoms with Crippen molar-refractivity contribution in [2.24, 2.45) is 0 Å². The first kappa shape index (κ1) is 33.4. The zero-order chi connectivity index (χ0) is 32.6. The number of non-ortho nitro benzene ring substituents is 1. The molecule has 234 valence electrons. The minimum atomic E-state index is -4.36. The van der Waals surface area contributed by atoms with Crippen LogP contribution in [0, 0.1) is 10.1 Å². The number of rotatable bonds is 13. The summed E-state index contributed by atoms with van der Waals surface area (Å²) in [4.78, 5) is 39.8. The third kappa shape index (κ3) is 8.18. The van der Waals surface area contributed by atoms with Gasteiger partial charge in [-0.1, -0.05) is 77.8 Å². The summed E-state index contributed by atoms with van der Waals surface area (Å²) in [5, 5.41) is 14.6. The standard InChI is InChI=1S/C32H30Cl2N4O6S/c1-2-35-32(40)30(20-23-10-5-3-6-11-23)36(21-27-28(33)14-9-15-29(27)34)31(39)22-37(24-16-18-25(19-17-24)38(41)42)45(43,44)26-12-7-4-8-13-26/h3-19,30H,2,20-22H2,1H3,(H,35,40)/t30-/m0/s1. The molecule has 13 heteroatoms. The van der Waals surface area contributed by atoms with Gasteiger partial charge in [0.15, 0.2) is 0 Å². The number of nitro benzene ring substituents is 1. The number of halogens is 2. The van der Waals surface area contributed by atoms with Crippen LogP contribution in [0.25, 0.3) is 0 Å². The summed E-state index contributed by atoms with van der Waals surface area (Å²) in [7, 11) is -4.36. The smallest absolute Gasteiger partial charge is 0.269 e. The summed E-state index contributed by atoms with van der Waals surface area (Å²) in [6, 6.07) is 25.2. The van der Waals surface area contributed by atoms with Crippen LogP contribution in [0.3, 0.4) is 0 Å². The second-order valence-corrected chi connectivity index (χ2v) is 12.6. The van der Waals surface area contributed by atoms with Gasteiger partial charge in [0, 0.05) is 47.3 Å². The zero-order valence-corrected chi connectivity index (χ0v) is 26.5. The summed E-state index contributed by atoms with van der Waals surface area (Å²) < 4.78 is 28.8. The lowest BCUT2D eigenvalue weighted by Gasteiger charge is -2.34. The number of anilines is 1. The van der Waals surface area contributed by atoms with Crippen molar-refractivity contribution in [1.29, 1.82) is 0 Å². The summed E-state index contributed by atoms with van der Waals surface area (Å²) in [6.07, 6.45) is 0.115. The van der Waals surface area contributed by atoms with E-state index < -0.39 is 39.3 Å². The van der Waals surface area contributed by atoms with Crippen LogP contribution in [0.5, 0.6) is 0 Å². The summed E-state index contributed by atoms with van der Waals surface area (Å²) in [6.45, 7) is 1.10. The van der Waals surface area contributed by atoms with Crippen molar-refractivity contribution in [2.45, 2.75) is 30.8 Å². The van der Waals surface area contributed by atoms with Crippen LogP contribution in [0.4, 0.5) is 11.4 Å². The summed E-state index contributed by atoms with van der Waals surface area (Å²) >= 11 is 13.0. The van der Waals surface area contributed by atoms with Crippen molar-refractivity contribution in [3.05, 3.63) is 134 Å². The Bertz CT molecular complexity index is 1740. The molecule has 0 saturated carbocycles. The number of benzene rings is 4. The number of likely N-dealkylation sites (N-methyl/N-ethyl adjacent to an activating group) is 1. The molecule has 0 radical (unpaired) electrons. The first-order valence-electron chi connectivity index (χ1n) is 13.9. The molecule has 2 amide bonds. The number of hydrogen-bond donors (Lipinski definition) is 1. The lowest BCUT2D eigenvalue weighted by atomic mass is 10.0. The van der Waals surface area contributed by atoms with Crippen molar-refractivity contribution < 1.29 is 22.9 Å². The predicted octanol–water partition coefficient (Wildman–Crippen LogP) is 5.87. The molecular formula is C32H30Cl2N4O6S. The van der Waals surface area contributed by atoms with Crippen LogP contribution in [-0.2, 0) is 32.6 Å². The van der Waals surface area contributed by atoms with Gasteiger partial charge in [-0.15, -0.1) is 0 Å². The molecule has 0 unspecified atom stereocenters. The molecular weight excluding hydrogens is 639 g/mol. The van der Waals surface area contributed by atoms with Gasteiger partial charge in [-0.3, -0.25) is 24.0 Å². The van der Waals surface area contributed by atoms with E-state index in [0.717, 1.165) is 22.0 Å². The SMILES string of the molecule is CCNC(=O)[C@H](Cc1ccccc1)N(Cc1c(Cl)cccc1Cl)C(=O)CN(c1ccc([N+](=O)[O-])cc1)S(=O)(=O)c1ccccc1. The normalized spacial score (nSPS) is 11.8. The maximum absolute atomic E-state index is 14.4. The van der Waals surface area contributed by atoms with Gasteiger partial charge in [0.1, 0.15) is 12.6 Å². The number of hydrogen-bond acceptors (Lipinski definition) is 6. The molecule has 0 bridgehead atoms. The highest BCUT2D eigenvalue weighted by Gasteiger charge is 2.35. The topological polar surface area (TPSA) is 130 Å². The Hall–Kier alpha value is -4.45. The first-order chi connectivity index (χ1) is 21.5. The highest BCUT2D eigenvalue weighted by atomic mass is 35.5. The Labute approximate surface area is 271 Å². The van der Waals surface area contributed by atoms with Crippen molar-refractivity contribution in [3.8, 4) is 0 Å². The summed E-state index contributed by atoms with van der Waals surface area (Å²) in [5.74, 6) is -1.18. The van der Waals surface area contributed by atoms with Crippen molar-refractivity contribution in [2.75, 3.05) is 17.4 Å². The molecule has 4 aromatic carbocycles. The van der Waals surface area contributed by atoms with E-state index in [1.54, 1.807) is 43.3 Å². The minimum absolute atomic E-state index is 0.0196. The fourth-order valence-electron chi connectivity index (χ4n) is 4.69. The molecule has 0 aliphatic rings. The third-order valence-corrected chi connectivity index (χ3v) is 9.47. The molecule has 45 heavy (non-hydrogen) atoms. The Morgan fingerprint density at radius 1 is 0.867 bits per heavy atom. The fourth-order valence-corrected chi connectivity index (χ4v) is 6.64. The number of nitro groups is 1. The van der Waals surface area contributed by atoms with Crippen LogP contribution in [-0.4, -0.2) is 49.2 Å². The molecule has 0 fully saturated rings. The van der Waals surface area contributed by atoms with Crippen LogP contribution in [0.1, 0.15) is 18.1 Å². The quantitative estimate of drug-likeness (QED) is 0.140. The highest BCUT2D eigenvalue weighted by Crippen LogP contribution is 2.29. The van der Waals surface area contributed by atoms with Gasteiger partial charge < -0.3 is 10.2 Å². The van der Waals surface area contributed by atoms with E-state index in [1.165, 1.54) is 29.2 Å². The van der Waals surface area contributed by atoms with E-state index in [9.17, 15) is 28.1 Å². The van der Waals surface area contributed by atoms with Crippen molar-refractivity contribution in [3.63, 3.8) is 0 Å². The third-order valence-electron chi connectivity index (χ3n) is 6.97. The average Bonchev–Trinajstić information content (AvgIpc) is 3.03. The Balaban J connectivity index is 1.83. The van der Waals surface area contributed by atoms with E-state index in [2.05, 4.69) is 5.32 Å². The lowest BCUT2D eigenvalue weighted by Crippen LogP contribution is -2.53. The molecule has 10 nitrogen and oxygen atoms in total. The Morgan fingerprint density at radius 2 is 1.44 bits per heavy atom. The van der Waals surface area contributed by atoms with Crippen LogP contribution >= 0.6 is 23.2 Å². The Kier molecular flexibility index (Phi) is 11.2. The number of amides is 2. The molecule has 0 saturated heterocycles. The number of sulfonamides is 1. The van der Waals surface area contributed by atoms with Gasteiger partial charge in [0.2, 0.25) is 11.8 Å². The molecule has 1 N–H and O–H groups in total. The van der Waals surface area contributed by atoms with Gasteiger partial charge in [0.25, 0.3) is 15.7 Å². The van der Waals surface area contributed by atoms with E-state index in [4.69, 9.17) is 23.2 Å². The maximum Gasteiger partial charge on any atom is 0.269 e. The first-order valence-corrected chi connectivity index (χ1v) is 16.1. The average molecular weight is 670 g/mol. The maximum atomic E-state index is 14.4. The molecule has 0 heterocycles. The summed E-state index contributed by atoms with van der Waals surface area (Å²) in [5.41, 5.74) is 0.910. The van der Waals surface area contributed by atoms with E-state index in [1.807, 2.05) is 30.3 Å². The molecule has 0 spiro atoms. The van der Waals surface area contributed by atoms with Crippen LogP contribution < -0.4 is 9.62 Å². The van der Waals surface area contributed by atoms with E-state index in [0.29, 0.717) is 5.56 Å². The number of nitrogens with one attached hydrogen (secondary N) is 1. The van der Waals surface area contributed by atoms with E-state index >= 15 is 0 Å². The molecule has 0 aliphatic heterocycles. The van der Waals surface area contributed by atoms with Gasteiger partial charge >= 0.3 is 0 Å². The van der Waals surface area contributed by atoms with Gasteiger partial charge in [-0.2, -0.15) is 0 Å². The van der Waals surface area contributed by atoms with E-state index in [-0.39, 0.29) is 45.8 Å². The number of carbonyl (C=O) groups is 2. The molecule has 4 aromatic rings. The minimum Gasteiger partial charge on any atom is -0.355 e. The van der Waals surface area contributed by atoms with Crippen LogP contribution in [0.15, 0.2) is 108 Å². The monoisotopic (exact) mass is 668 g/mol. The van der Waals surface area contributed by atoms with Crippen molar-refractivity contribution >= 4 is 56.4 Å². The van der Waals surface area contributed by atoms with Gasteiger partial charge in [-0.05, 0) is 48.9 Å². The highest BCUT2D eigenvalue weighted by molar-refractivity contribution is 7.92. The Morgan fingerprint density at radius 3 is 2.00 bits per heavy atom. The molecule has 4 rings (SSSR count). The number of carbonyl (C=O) groups excluding carboxylic acids is 2. The predicted molar refractivity (Wildman–Crippen MR) is 174 cm³/mol. The van der Waals surface area contributed by atoms with Crippen LogP contribution in [0.2, 0.25) is 10.0 Å². The molecule has 0 aromatic heterocycles. The molecule has 1 atom stereocenters. The second-order valence-electron chi connectivity index (χ2n) is 9.92. The fraction of sp³-hybridized carbons (Fsp3) is 0.188. The molecule has 0 aliphatic carbocycles. The number of nitrogens with zero attached hydrogens (tertiary/aromatic N) is 3. The van der Waals surface area contributed by atoms with Gasteiger partial charge in [0.05, 0.1) is 15.5 Å². The zero-order valence-electron chi connectivity index (χ0n) is 24.2. The van der Waals surface area contributed by atoms with Gasteiger partial charge in [-0.25, -0.2) is 8.42 Å².